The molecule has 0 radical (unpaired) electrons. The number of oxazole rings is 1. The number of aryl methyl sites for hydroxylation is 2. The number of benzene rings is 1. The number of ether oxygens (including phenoxy) is 1. The number of nitrogens with zero attached hydrogens (tertiary/aromatic N) is 2. The number of aromatic amines is 1. The van der Waals surface area contributed by atoms with Crippen molar-refractivity contribution in [2.75, 3.05) is 5.73 Å². The topological polar surface area (TPSA) is 99.1 Å². The van der Waals surface area contributed by atoms with E-state index in [1.54, 1.807) is 16.8 Å². The average Bonchev–Trinajstić information content (AvgIpc) is 2.83. The Hall–Kier alpha value is -2.70. The molecule has 0 saturated heterocycles. The highest BCUT2D eigenvalue weighted by Gasteiger charge is 2.14. The number of anilines is 1. The van der Waals surface area contributed by atoms with E-state index in [-0.39, 0.29) is 0 Å². The van der Waals surface area contributed by atoms with Crippen LogP contribution in [0.5, 0.6) is 11.5 Å². The van der Waals surface area contributed by atoms with E-state index in [0.29, 0.717) is 28.3 Å². The van der Waals surface area contributed by atoms with Crippen LogP contribution in [0.3, 0.4) is 0 Å². The van der Waals surface area contributed by atoms with Gasteiger partial charge in [0.1, 0.15) is 5.69 Å². The molecule has 7 nitrogen and oxygen atoms in total. The van der Waals surface area contributed by atoms with Crippen LogP contribution in [0.1, 0.15) is 11.4 Å². The number of aromatic nitrogens is 3. The van der Waals surface area contributed by atoms with Crippen molar-refractivity contribution in [3.8, 4) is 11.5 Å². The summed E-state index contributed by atoms with van der Waals surface area (Å²) in [6, 6.07) is 3.20. The molecular weight excluding hydrogens is 260 g/mol. The highest BCUT2D eigenvalue weighted by Crippen LogP contribution is 2.33. The minimum Gasteiger partial charge on any atom is -0.451 e. The molecule has 0 amide bonds. The smallest absolute Gasteiger partial charge is 0.417 e. The molecule has 1 aromatic carbocycles. The van der Waals surface area contributed by atoms with Gasteiger partial charge in [-0.05, 0) is 13.8 Å². The van der Waals surface area contributed by atoms with Crippen molar-refractivity contribution >= 4 is 16.8 Å². The van der Waals surface area contributed by atoms with Crippen molar-refractivity contribution in [3.63, 3.8) is 0 Å². The molecule has 2 heterocycles. The summed E-state index contributed by atoms with van der Waals surface area (Å²) >= 11 is 0. The standard InChI is InChI=1S/C13H14N4O3/c1-6-12(7(2)17(3)16-6)19-10-5-9-11(4-8(10)14)20-13(18)15-9/h4-5H,14H2,1-3H3,(H,15,18). The van der Waals surface area contributed by atoms with E-state index in [9.17, 15) is 4.79 Å². The van der Waals surface area contributed by atoms with Gasteiger partial charge in [0.05, 0.1) is 16.9 Å². The summed E-state index contributed by atoms with van der Waals surface area (Å²) in [6.07, 6.45) is 0. The minimum atomic E-state index is -0.523. The Balaban J connectivity index is 2.10. The number of nitrogens with two attached hydrogens (primary N) is 1. The maximum Gasteiger partial charge on any atom is 0.417 e. The van der Waals surface area contributed by atoms with Crippen LogP contribution in [0.2, 0.25) is 0 Å². The Morgan fingerprint density at radius 1 is 1.40 bits per heavy atom. The monoisotopic (exact) mass is 274 g/mol. The van der Waals surface area contributed by atoms with Gasteiger partial charge in [0, 0.05) is 19.2 Å². The van der Waals surface area contributed by atoms with E-state index < -0.39 is 5.76 Å². The van der Waals surface area contributed by atoms with Crippen LogP contribution >= 0.6 is 0 Å². The van der Waals surface area contributed by atoms with Crippen molar-refractivity contribution in [2.24, 2.45) is 7.05 Å². The zero-order valence-electron chi connectivity index (χ0n) is 11.4. The predicted molar refractivity (Wildman–Crippen MR) is 74.0 cm³/mol. The summed E-state index contributed by atoms with van der Waals surface area (Å²) in [4.78, 5) is 13.7. The molecule has 0 atom stereocenters. The molecule has 7 heteroatoms. The van der Waals surface area contributed by atoms with Crippen molar-refractivity contribution < 1.29 is 9.15 Å². The molecule has 104 valence electrons. The second-order valence-electron chi connectivity index (χ2n) is 4.63. The van der Waals surface area contributed by atoms with Gasteiger partial charge in [0.15, 0.2) is 17.1 Å². The SMILES string of the molecule is Cc1nn(C)c(C)c1Oc1cc2[nH]c(=O)oc2cc1N. The zero-order valence-corrected chi connectivity index (χ0v) is 11.4. The highest BCUT2D eigenvalue weighted by molar-refractivity contribution is 5.80. The third-order valence-electron chi connectivity index (χ3n) is 3.21. The van der Waals surface area contributed by atoms with E-state index in [1.165, 1.54) is 0 Å². The molecule has 3 N–H and O–H groups in total. The molecule has 0 unspecified atom stereocenters. The third kappa shape index (κ3) is 1.83. The van der Waals surface area contributed by atoms with Crippen molar-refractivity contribution in [1.82, 2.24) is 14.8 Å². The average molecular weight is 274 g/mol. The molecule has 2 aromatic heterocycles. The van der Waals surface area contributed by atoms with Gasteiger partial charge in [-0.25, -0.2) is 4.79 Å². The Morgan fingerprint density at radius 3 is 2.80 bits per heavy atom. The quantitative estimate of drug-likeness (QED) is 0.695. The summed E-state index contributed by atoms with van der Waals surface area (Å²) in [5.41, 5.74) is 8.92. The minimum absolute atomic E-state index is 0.392. The highest BCUT2D eigenvalue weighted by atomic mass is 16.5. The lowest BCUT2D eigenvalue weighted by Crippen LogP contribution is -1.95. The lowest BCUT2D eigenvalue weighted by Gasteiger charge is -2.08. The normalized spacial score (nSPS) is 11.2. The van der Waals surface area contributed by atoms with Gasteiger partial charge >= 0.3 is 5.76 Å². The first-order chi connectivity index (χ1) is 9.45. The van der Waals surface area contributed by atoms with Crippen LogP contribution < -0.4 is 16.2 Å². The van der Waals surface area contributed by atoms with Crippen molar-refractivity contribution in [3.05, 3.63) is 34.1 Å². The predicted octanol–water partition coefficient (Wildman–Crippen LogP) is 1.85. The molecule has 20 heavy (non-hydrogen) atoms. The van der Waals surface area contributed by atoms with E-state index >= 15 is 0 Å². The summed E-state index contributed by atoms with van der Waals surface area (Å²) in [5, 5.41) is 4.28. The molecule has 0 aliphatic heterocycles. The number of nitrogens with one attached hydrogen (secondary N) is 1. The Labute approximate surface area is 114 Å². The largest absolute Gasteiger partial charge is 0.451 e. The fourth-order valence-corrected chi connectivity index (χ4v) is 2.09. The number of hydrogen-bond donors (Lipinski definition) is 2. The van der Waals surface area contributed by atoms with Gasteiger partial charge in [-0.15, -0.1) is 0 Å². The summed E-state index contributed by atoms with van der Waals surface area (Å²) < 4.78 is 12.5. The van der Waals surface area contributed by atoms with E-state index in [2.05, 4.69) is 10.1 Å². The second-order valence-corrected chi connectivity index (χ2v) is 4.63. The fourth-order valence-electron chi connectivity index (χ4n) is 2.09. The van der Waals surface area contributed by atoms with Crippen LogP contribution in [0, 0.1) is 13.8 Å². The first-order valence-electron chi connectivity index (χ1n) is 6.06. The molecule has 0 fully saturated rings. The summed E-state index contributed by atoms with van der Waals surface area (Å²) in [6.45, 7) is 3.76. The van der Waals surface area contributed by atoms with Gasteiger partial charge < -0.3 is 14.9 Å². The Bertz CT molecular complexity index is 856. The van der Waals surface area contributed by atoms with Gasteiger partial charge in [-0.1, -0.05) is 0 Å². The van der Waals surface area contributed by atoms with Crippen LogP contribution in [0.25, 0.3) is 11.1 Å². The van der Waals surface area contributed by atoms with E-state index in [4.69, 9.17) is 14.9 Å². The van der Waals surface area contributed by atoms with E-state index in [0.717, 1.165) is 11.4 Å². The van der Waals surface area contributed by atoms with Crippen LogP contribution in [0.15, 0.2) is 21.3 Å². The van der Waals surface area contributed by atoms with Gasteiger partial charge in [-0.3, -0.25) is 9.67 Å². The first-order valence-corrected chi connectivity index (χ1v) is 6.06. The van der Waals surface area contributed by atoms with Gasteiger partial charge in [-0.2, -0.15) is 5.10 Å². The lowest BCUT2D eigenvalue weighted by atomic mass is 10.2. The molecular formula is C13H14N4O3. The van der Waals surface area contributed by atoms with Crippen LogP contribution in [-0.4, -0.2) is 14.8 Å². The lowest BCUT2D eigenvalue weighted by molar-refractivity contribution is 0.477. The number of nitrogen functional groups attached to an aromatic ring is 1. The molecule has 3 aromatic rings. The molecule has 3 rings (SSSR count). The van der Waals surface area contributed by atoms with Crippen LogP contribution in [-0.2, 0) is 7.05 Å². The van der Waals surface area contributed by atoms with Crippen LogP contribution in [0.4, 0.5) is 5.69 Å². The molecule has 0 spiro atoms. The Morgan fingerprint density at radius 2 is 2.15 bits per heavy atom. The molecule has 0 saturated carbocycles. The Kier molecular flexibility index (Phi) is 2.56. The van der Waals surface area contributed by atoms with E-state index in [1.807, 2.05) is 20.9 Å². The summed E-state index contributed by atoms with van der Waals surface area (Å²) in [5.74, 6) is 0.587. The molecule has 0 aliphatic carbocycles. The molecule has 0 aliphatic rings. The number of hydrogen-bond acceptors (Lipinski definition) is 5. The van der Waals surface area contributed by atoms with Gasteiger partial charge in [0.2, 0.25) is 0 Å². The van der Waals surface area contributed by atoms with Gasteiger partial charge in [0.25, 0.3) is 0 Å². The third-order valence-corrected chi connectivity index (χ3v) is 3.21. The molecule has 0 bridgehead atoms. The van der Waals surface area contributed by atoms with Crippen molar-refractivity contribution in [1.29, 1.82) is 0 Å². The number of rotatable bonds is 2. The number of H-pyrrole nitrogens is 1. The zero-order chi connectivity index (χ0) is 14.4. The summed E-state index contributed by atoms with van der Waals surface area (Å²) in [7, 11) is 1.84. The maximum absolute atomic E-state index is 11.2. The second kappa shape index (κ2) is 4.16. The first kappa shape index (κ1) is 12.3. The fraction of sp³-hybridized carbons (Fsp3) is 0.231. The van der Waals surface area contributed by atoms with Crippen molar-refractivity contribution in [2.45, 2.75) is 13.8 Å². The number of fused-ring (bicyclic) bond motifs is 1. The maximum atomic E-state index is 11.2.